The Balaban J connectivity index is 2.19. The number of hydrogen-bond acceptors (Lipinski definition) is 2. The first-order valence-corrected chi connectivity index (χ1v) is 6.50. The maximum atomic E-state index is 6.09. The summed E-state index contributed by atoms with van der Waals surface area (Å²) in [6.45, 7) is 0. The van der Waals surface area contributed by atoms with Crippen LogP contribution >= 0.6 is 34.8 Å². The Morgan fingerprint density at radius 1 is 1.11 bits per heavy atom. The van der Waals surface area contributed by atoms with E-state index >= 15 is 0 Å². The molecule has 1 atom stereocenters. The van der Waals surface area contributed by atoms with E-state index in [1.54, 1.807) is 12.3 Å². The average molecular weight is 302 g/mol. The lowest BCUT2D eigenvalue weighted by atomic mass is 10.0. The molecule has 1 aromatic heterocycles. The maximum absolute atomic E-state index is 6.09. The van der Waals surface area contributed by atoms with E-state index in [1.807, 2.05) is 24.3 Å². The van der Waals surface area contributed by atoms with Crippen molar-refractivity contribution in [2.24, 2.45) is 5.73 Å². The predicted octanol–water partition coefficient (Wildman–Crippen LogP) is 4.28. The molecule has 1 unspecified atom stereocenters. The van der Waals surface area contributed by atoms with E-state index in [4.69, 9.17) is 40.5 Å². The maximum Gasteiger partial charge on any atom is 0.0761 e. The number of rotatable bonds is 3. The van der Waals surface area contributed by atoms with Crippen LogP contribution in [-0.2, 0) is 6.42 Å². The smallest absolute Gasteiger partial charge is 0.0761 e. The number of halogens is 3. The zero-order valence-corrected chi connectivity index (χ0v) is 11.7. The first kappa shape index (κ1) is 13.6. The quantitative estimate of drug-likeness (QED) is 0.918. The fourth-order valence-electron chi connectivity index (χ4n) is 1.71. The van der Waals surface area contributed by atoms with Crippen molar-refractivity contribution in [1.29, 1.82) is 0 Å². The summed E-state index contributed by atoms with van der Waals surface area (Å²) in [5, 5.41) is 1.67. The minimum Gasteiger partial charge on any atom is -0.322 e. The topological polar surface area (TPSA) is 38.9 Å². The lowest BCUT2D eigenvalue weighted by molar-refractivity contribution is 0.697. The van der Waals surface area contributed by atoms with E-state index in [2.05, 4.69) is 4.98 Å². The van der Waals surface area contributed by atoms with Gasteiger partial charge in [-0.15, -0.1) is 0 Å². The van der Waals surface area contributed by atoms with Crippen LogP contribution < -0.4 is 5.73 Å². The van der Waals surface area contributed by atoms with Crippen molar-refractivity contribution in [3.8, 4) is 0 Å². The van der Waals surface area contributed by atoms with E-state index in [1.165, 1.54) is 0 Å². The van der Waals surface area contributed by atoms with Gasteiger partial charge in [-0.25, -0.2) is 0 Å². The number of aromatic nitrogens is 1. The van der Waals surface area contributed by atoms with Crippen LogP contribution in [0.25, 0.3) is 0 Å². The van der Waals surface area contributed by atoms with Crippen LogP contribution in [0, 0.1) is 0 Å². The molecule has 0 radical (unpaired) electrons. The van der Waals surface area contributed by atoms with Crippen molar-refractivity contribution < 1.29 is 0 Å². The van der Waals surface area contributed by atoms with E-state index in [0.717, 1.165) is 5.56 Å². The standard InChI is InChI=1S/C13H11Cl3N2/c14-9-3-1-2-8(4-9)5-12(17)13-11(16)6-10(15)7-18-13/h1-4,6-7,12H,5,17H2. The Hall–Kier alpha value is -0.800. The van der Waals surface area contributed by atoms with Gasteiger partial charge < -0.3 is 5.73 Å². The summed E-state index contributed by atoms with van der Waals surface area (Å²) in [7, 11) is 0. The van der Waals surface area contributed by atoms with Crippen LogP contribution in [0.4, 0.5) is 0 Å². The largest absolute Gasteiger partial charge is 0.322 e. The van der Waals surface area contributed by atoms with Crippen molar-refractivity contribution in [3.05, 3.63) is 62.9 Å². The van der Waals surface area contributed by atoms with Crippen LogP contribution in [0.5, 0.6) is 0 Å². The third-order valence-electron chi connectivity index (χ3n) is 2.53. The van der Waals surface area contributed by atoms with Gasteiger partial charge in [-0.1, -0.05) is 46.9 Å². The van der Waals surface area contributed by atoms with Crippen molar-refractivity contribution >= 4 is 34.8 Å². The first-order chi connectivity index (χ1) is 8.56. The Bertz CT molecular complexity index is 558. The van der Waals surface area contributed by atoms with Gasteiger partial charge in [0.15, 0.2) is 0 Å². The highest BCUT2D eigenvalue weighted by Gasteiger charge is 2.13. The Kier molecular flexibility index (Phi) is 4.46. The molecule has 2 rings (SSSR count). The summed E-state index contributed by atoms with van der Waals surface area (Å²) in [5.41, 5.74) is 7.78. The van der Waals surface area contributed by atoms with Crippen molar-refractivity contribution in [2.45, 2.75) is 12.5 Å². The zero-order valence-electron chi connectivity index (χ0n) is 9.41. The van der Waals surface area contributed by atoms with Gasteiger partial charge in [0.1, 0.15) is 0 Å². The van der Waals surface area contributed by atoms with Crippen LogP contribution in [0.15, 0.2) is 36.5 Å². The molecule has 1 aromatic carbocycles. The summed E-state index contributed by atoms with van der Waals surface area (Å²) < 4.78 is 0. The molecular formula is C13H11Cl3N2. The molecule has 2 N–H and O–H groups in total. The van der Waals surface area contributed by atoms with Gasteiger partial charge >= 0.3 is 0 Å². The Labute approximate surface area is 121 Å². The molecule has 0 saturated heterocycles. The molecule has 0 aliphatic carbocycles. The monoisotopic (exact) mass is 300 g/mol. The third kappa shape index (κ3) is 3.36. The molecule has 0 aliphatic rings. The molecule has 2 aromatic rings. The van der Waals surface area contributed by atoms with Crippen molar-refractivity contribution in [2.75, 3.05) is 0 Å². The molecule has 1 heterocycles. The molecule has 5 heteroatoms. The number of benzene rings is 1. The van der Waals surface area contributed by atoms with Gasteiger partial charge in [0.25, 0.3) is 0 Å². The fourth-order valence-corrected chi connectivity index (χ4v) is 2.45. The zero-order chi connectivity index (χ0) is 13.1. The second kappa shape index (κ2) is 5.89. The highest BCUT2D eigenvalue weighted by molar-refractivity contribution is 6.34. The molecule has 0 bridgehead atoms. The van der Waals surface area contributed by atoms with Gasteiger partial charge in [0.2, 0.25) is 0 Å². The Morgan fingerprint density at radius 3 is 2.56 bits per heavy atom. The summed E-state index contributed by atoms with van der Waals surface area (Å²) >= 11 is 17.8. The first-order valence-electron chi connectivity index (χ1n) is 5.37. The van der Waals surface area contributed by atoms with Crippen molar-refractivity contribution in [1.82, 2.24) is 4.98 Å². The lowest BCUT2D eigenvalue weighted by Crippen LogP contribution is -2.15. The SMILES string of the molecule is NC(Cc1cccc(Cl)c1)c1ncc(Cl)cc1Cl. The highest BCUT2D eigenvalue weighted by Crippen LogP contribution is 2.25. The molecule has 2 nitrogen and oxygen atoms in total. The van der Waals surface area contributed by atoms with Gasteiger partial charge in [0.05, 0.1) is 21.8 Å². The second-order valence-electron chi connectivity index (χ2n) is 3.96. The predicted molar refractivity (Wildman–Crippen MR) is 76.3 cm³/mol. The number of nitrogens with two attached hydrogens (primary N) is 1. The minimum absolute atomic E-state index is 0.284. The van der Waals surface area contributed by atoms with E-state index < -0.39 is 0 Å². The number of nitrogens with zero attached hydrogens (tertiary/aromatic N) is 1. The molecule has 0 amide bonds. The van der Waals surface area contributed by atoms with E-state index in [9.17, 15) is 0 Å². The van der Waals surface area contributed by atoms with Gasteiger partial charge in [-0.2, -0.15) is 0 Å². The molecule has 0 spiro atoms. The fraction of sp³-hybridized carbons (Fsp3) is 0.154. The third-order valence-corrected chi connectivity index (χ3v) is 3.28. The van der Waals surface area contributed by atoms with Crippen LogP contribution in [0.3, 0.4) is 0 Å². The Morgan fingerprint density at radius 2 is 1.89 bits per heavy atom. The molecule has 0 fully saturated rings. The molecule has 18 heavy (non-hydrogen) atoms. The highest BCUT2D eigenvalue weighted by atomic mass is 35.5. The van der Waals surface area contributed by atoms with Gasteiger partial charge in [0, 0.05) is 11.2 Å². The van der Waals surface area contributed by atoms with Crippen LogP contribution in [0.2, 0.25) is 15.1 Å². The molecule has 0 saturated carbocycles. The normalized spacial score (nSPS) is 12.4. The number of hydrogen-bond donors (Lipinski definition) is 1. The van der Waals surface area contributed by atoms with Gasteiger partial charge in [-0.3, -0.25) is 4.98 Å². The summed E-state index contributed by atoms with van der Waals surface area (Å²) in [4.78, 5) is 4.17. The summed E-state index contributed by atoms with van der Waals surface area (Å²) in [6.07, 6.45) is 2.16. The van der Waals surface area contributed by atoms with Crippen molar-refractivity contribution in [3.63, 3.8) is 0 Å². The average Bonchev–Trinajstić information content (AvgIpc) is 2.28. The molecule has 94 valence electrons. The van der Waals surface area contributed by atoms with E-state index in [-0.39, 0.29) is 6.04 Å². The van der Waals surface area contributed by atoms with Gasteiger partial charge in [-0.05, 0) is 30.2 Å². The minimum atomic E-state index is -0.284. The second-order valence-corrected chi connectivity index (χ2v) is 5.24. The molecular weight excluding hydrogens is 291 g/mol. The lowest BCUT2D eigenvalue weighted by Gasteiger charge is -2.13. The van der Waals surface area contributed by atoms with Crippen LogP contribution in [-0.4, -0.2) is 4.98 Å². The molecule has 0 aliphatic heterocycles. The summed E-state index contributed by atoms with van der Waals surface area (Å²) in [6, 6.07) is 8.92. The van der Waals surface area contributed by atoms with Crippen LogP contribution in [0.1, 0.15) is 17.3 Å². The summed E-state index contributed by atoms with van der Waals surface area (Å²) in [5.74, 6) is 0. The van der Waals surface area contributed by atoms with E-state index in [0.29, 0.717) is 27.2 Å². The number of pyridine rings is 1.